The number of amides is 1. The van der Waals surface area contributed by atoms with Crippen LogP contribution < -0.4 is 5.32 Å². The molecule has 0 radical (unpaired) electrons. The van der Waals surface area contributed by atoms with Crippen LogP contribution in [0.25, 0.3) is 0 Å². The van der Waals surface area contributed by atoms with Gasteiger partial charge in [0, 0.05) is 26.7 Å². The van der Waals surface area contributed by atoms with Crippen molar-refractivity contribution < 1.29 is 9.53 Å². The van der Waals surface area contributed by atoms with Gasteiger partial charge in [0.05, 0.1) is 0 Å². The van der Waals surface area contributed by atoms with E-state index in [-0.39, 0.29) is 5.91 Å². The Morgan fingerprint density at radius 3 is 2.50 bits per heavy atom. The summed E-state index contributed by atoms with van der Waals surface area (Å²) in [6.45, 7) is 5.80. The molecular weight excluding hydrogens is 178 g/mol. The van der Waals surface area contributed by atoms with E-state index in [0.717, 1.165) is 25.8 Å². The number of hydrogen-bond acceptors (Lipinski definition) is 2. The van der Waals surface area contributed by atoms with Gasteiger partial charge in [-0.15, -0.1) is 0 Å². The molecule has 0 aliphatic heterocycles. The number of carbonyl (C=O) groups is 1. The third-order valence-electron chi connectivity index (χ3n) is 2.49. The molecule has 0 rings (SSSR count). The Balaban J connectivity index is 3.42. The molecule has 1 N–H and O–H groups in total. The summed E-state index contributed by atoms with van der Waals surface area (Å²) in [4.78, 5) is 11.3. The molecule has 0 spiro atoms. The van der Waals surface area contributed by atoms with E-state index in [4.69, 9.17) is 4.74 Å². The van der Waals surface area contributed by atoms with Gasteiger partial charge in [-0.25, -0.2) is 0 Å². The topological polar surface area (TPSA) is 38.3 Å². The third kappa shape index (κ3) is 6.89. The second-order valence-corrected chi connectivity index (χ2v) is 3.58. The maximum absolute atomic E-state index is 11.3. The van der Waals surface area contributed by atoms with Crippen LogP contribution in [0.4, 0.5) is 0 Å². The molecule has 0 aromatic carbocycles. The molecule has 0 aliphatic rings. The normalized spacial score (nSPS) is 10.6. The molecule has 0 atom stereocenters. The van der Waals surface area contributed by atoms with E-state index in [1.54, 1.807) is 7.11 Å². The average Bonchev–Trinajstić information content (AvgIpc) is 2.20. The van der Waals surface area contributed by atoms with E-state index in [1.165, 1.54) is 0 Å². The molecule has 1 amide bonds. The van der Waals surface area contributed by atoms with Gasteiger partial charge in [-0.2, -0.15) is 0 Å². The zero-order valence-electron chi connectivity index (χ0n) is 9.64. The second kappa shape index (κ2) is 9.00. The molecule has 3 heteroatoms. The Morgan fingerprint density at radius 1 is 1.36 bits per heavy atom. The zero-order valence-corrected chi connectivity index (χ0v) is 9.64. The van der Waals surface area contributed by atoms with Crippen LogP contribution in [0.5, 0.6) is 0 Å². The van der Waals surface area contributed by atoms with E-state index in [1.807, 2.05) is 0 Å². The number of nitrogens with one attached hydrogen (secondary N) is 1. The van der Waals surface area contributed by atoms with Gasteiger partial charge in [0.15, 0.2) is 0 Å². The fraction of sp³-hybridized carbons (Fsp3) is 0.909. The van der Waals surface area contributed by atoms with Gasteiger partial charge < -0.3 is 10.1 Å². The minimum atomic E-state index is 0.147. The van der Waals surface area contributed by atoms with Gasteiger partial charge in [-0.1, -0.05) is 26.7 Å². The maximum atomic E-state index is 11.3. The van der Waals surface area contributed by atoms with Gasteiger partial charge in [-0.05, 0) is 12.3 Å². The summed E-state index contributed by atoms with van der Waals surface area (Å²) in [7, 11) is 1.65. The SMILES string of the molecule is CCC(CC)CNC(=O)CCCOC. The van der Waals surface area contributed by atoms with Crippen LogP contribution in [0.3, 0.4) is 0 Å². The summed E-state index contributed by atoms with van der Waals surface area (Å²) in [6, 6.07) is 0. The van der Waals surface area contributed by atoms with Crippen molar-refractivity contribution >= 4 is 5.91 Å². The largest absolute Gasteiger partial charge is 0.385 e. The molecular formula is C11H23NO2. The number of methoxy groups -OCH3 is 1. The summed E-state index contributed by atoms with van der Waals surface area (Å²) in [6.07, 6.45) is 3.66. The van der Waals surface area contributed by atoms with Crippen molar-refractivity contribution in [3.05, 3.63) is 0 Å². The smallest absolute Gasteiger partial charge is 0.220 e. The molecule has 0 unspecified atom stereocenters. The molecule has 0 aliphatic carbocycles. The third-order valence-corrected chi connectivity index (χ3v) is 2.49. The molecule has 0 heterocycles. The van der Waals surface area contributed by atoms with Gasteiger partial charge in [-0.3, -0.25) is 4.79 Å². The minimum Gasteiger partial charge on any atom is -0.385 e. The molecule has 0 aromatic rings. The highest BCUT2D eigenvalue weighted by Crippen LogP contribution is 2.05. The monoisotopic (exact) mass is 201 g/mol. The predicted octanol–water partition coefficient (Wildman–Crippen LogP) is 1.97. The summed E-state index contributed by atoms with van der Waals surface area (Å²) in [5, 5.41) is 2.95. The predicted molar refractivity (Wildman–Crippen MR) is 58.2 cm³/mol. The van der Waals surface area contributed by atoms with Crippen LogP contribution in [0.1, 0.15) is 39.5 Å². The second-order valence-electron chi connectivity index (χ2n) is 3.58. The van der Waals surface area contributed by atoms with Crippen molar-refractivity contribution in [1.82, 2.24) is 5.32 Å². The lowest BCUT2D eigenvalue weighted by Crippen LogP contribution is -2.28. The number of hydrogen-bond donors (Lipinski definition) is 1. The standard InChI is InChI=1S/C11H23NO2/c1-4-10(5-2)9-12-11(13)7-6-8-14-3/h10H,4-9H2,1-3H3,(H,12,13). The van der Waals surface area contributed by atoms with Crippen LogP contribution in [0.2, 0.25) is 0 Å². The molecule has 0 saturated heterocycles. The summed E-state index contributed by atoms with van der Waals surface area (Å²) in [5.74, 6) is 0.773. The van der Waals surface area contributed by atoms with Crippen LogP contribution in [-0.2, 0) is 9.53 Å². The molecule has 0 fully saturated rings. The van der Waals surface area contributed by atoms with Crippen molar-refractivity contribution in [2.45, 2.75) is 39.5 Å². The molecule has 0 saturated carbocycles. The van der Waals surface area contributed by atoms with Gasteiger partial charge >= 0.3 is 0 Å². The lowest BCUT2D eigenvalue weighted by Gasteiger charge is -2.12. The number of carbonyl (C=O) groups excluding carboxylic acids is 1. The van der Waals surface area contributed by atoms with Crippen molar-refractivity contribution in [2.75, 3.05) is 20.3 Å². The van der Waals surface area contributed by atoms with E-state index < -0.39 is 0 Å². The molecule has 14 heavy (non-hydrogen) atoms. The Kier molecular flexibility index (Phi) is 8.64. The van der Waals surface area contributed by atoms with Crippen molar-refractivity contribution in [1.29, 1.82) is 0 Å². The Bertz CT molecular complexity index is 144. The molecule has 3 nitrogen and oxygen atoms in total. The Hall–Kier alpha value is -0.570. The number of ether oxygens (including phenoxy) is 1. The first-order valence-corrected chi connectivity index (χ1v) is 5.50. The van der Waals surface area contributed by atoms with Crippen LogP contribution in [0.15, 0.2) is 0 Å². The highest BCUT2D eigenvalue weighted by atomic mass is 16.5. The molecule has 84 valence electrons. The molecule has 0 bridgehead atoms. The first-order chi connectivity index (χ1) is 6.74. The fourth-order valence-electron chi connectivity index (χ4n) is 1.30. The Labute approximate surface area is 87.2 Å². The van der Waals surface area contributed by atoms with Crippen LogP contribution in [0, 0.1) is 5.92 Å². The first kappa shape index (κ1) is 13.4. The van der Waals surface area contributed by atoms with Crippen molar-refractivity contribution in [2.24, 2.45) is 5.92 Å². The lowest BCUT2D eigenvalue weighted by atomic mass is 10.0. The van der Waals surface area contributed by atoms with Crippen molar-refractivity contribution in [3.63, 3.8) is 0 Å². The van der Waals surface area contributed by atoms with Gasteiger partial charge in [0.2, 0.25) is 5.91 Å². The fourth-order valence-corrected chi connectivity index (χ4v) is 1.30. The maximum Gasteiger partial charge on any atom is 0.220 e. The van der Waals surface area contributed by atoms with Gasteiger partial charge in [0.1, 0.15) is 0 Å². The zero-order chi connectivity index (χ0) is 10.8. The van der Waals surface area contributed by atoms with E-state index in [0.29, 0.717) is 18.9 Å². The first-order valence-electron chi connectivity index (χ1n) is 5.50. The highest BCUT2D eigenvalue weighted by molar-refractivity contribution is 5.75. The summed E-state index contributed by atoms with van der Waals surface area (Å²) < 4.78 is 4.88. The average molecular weight is 201 g/mol. The van der Waals surface area contributed by atoms with Crippen LogP contribution in [-0.4, -0.2) is 26.2 Å². The summed E-state index contributed by atoms with van der Waals surface area (Å²) in [5.41, 5.74) is 0. The van der Waals surface area contributed by atoms with E-state index in [9.17, 15) is 4.79 Å². The lowest BCUT2D eigenvalue weighted by molar-refractivity contribution is -0.121. The number of rotatable bonds is 8. The quantitative estimate of drug-likeness (QED) is 0.610. The van der Waals surface area contributed by atoms with Gasteiger partial charge in [0.25, 0.3) is 0 Å². The highest BCUT2D eigenvalue weighted by Gasteiger charge is 2.05. The Morgan fingerprint density at radius 2 is 2.00 bits per heavy atom. The molecule has 0 aromatic heterocycles. The minimum absolute atomic E-state index is 0.147. The summed E-state index contributed by atoms with van der Waals surface area (Å²) >= 11 is 0. The van der Waals surface area contributed by atoms with E-state index >= 15 is 0 Å². The van der Waals surface area contributed by atoms with Crippen LogP contribution >= 0.6 is 0 Å². The van der Waals surface area contributed by atoms with Crippen molar-refractivity contribution in [3.8, 4) is 0 Å². The van der Waals surface area contributed by atoms with E-state index in [2.05, 4.69) is 19.2 Å².